The van der Waals surface area contributed by atoms with E-state index in [1.165, 1.54) is 36.7 Å². The molecule has 2 aromatic carbocycles. The predicted molar refractivity (Wildman–Crippen MR) is 152 cm³/mol. The van der Waals surface area contributed by atoms with Crippen molar-refractivity contribution in [2.45, 2.75) is 30.2 Å². The number of nitrogens with one attached hydrogen (secondary N) is 2. The largest absolute Gasteiger partial charge is 0.493 e. The van der Waals surface area contributed by atoms with Gasteiger partial charge in [-0.3, -0.25) is 4.79 Å². The van der Waals surface area contributed by atoms with Gasteiger partial charge in [-0.1, -0.05) is 12.1 Å². The first-order chi connectivity index (χ1) is 20.1. The van der Waals surface area contributed by atoms with Gasteiger partial charge in [0.2, 0.25) is 15.9 Å². The van der Waals surface area contributed by atoms with Gasteiger partial charge in [0.25, 0.3) is 0 Å². The number of sulfonamides is 1. The molecule has 228 valence electrons. The molecule has 0 spiro atoms. The van der Waals surface area contributed by atoms with E-state index in [4.69, 9.17) is 14.2 Å². The van der Waals surface area contributed by atoms with Gasteiger partial charge in [0.15, 0.2) is 11.5 Å². The molecule has 0 bridgehead atoms. The van der Waals surface area contributed by atoms with E-state index in [0.717, 1.165) is 0 Å². The van der Waals surface area contributed by atoms with Crippen molar-refractivity contribution in [2.75, 3.05) is 58.9 Å². The Labute approximate surface area is 244 Å². The monoisotopic (exact) mass is 604 g/mol. The van der Waals surface area contributed by atoms with Crippen LogP contribution in [0.25, 0.3) is 0 Å². The number of hydrogen-bond donors (Lipinski definition) is 3. The van der Waals surface area contributed by atoms with Gasteiger partial charge in [-0.15, -0.1) is 0 Å². The van der Waals surface area contributed by atoms with Crippen LogP contribution in [-0.2, 0) is 30.8 Å². The highest BCUT2D eigenvalue weighted by Crippen LogP contribution is 2.32. The quantitative estimate of drug-likeness (QED) is 0.367. The number of aliphatic carboxylic acids is 1. The first-order valence-electron chi connectivity index (χ1n) is 13.6. The molecule has 0 aliphatic carbocycles. The number of morpholine rings is 1. The Balaban J connectivity index is 1.37. The first kappa shape index (κ1) is 31.1. The molecule has 3 amide bonds. The fourth-order valence-corrected chi connectivity index (χ4v) is 6.46. The molecule has 14 heteroatoms. The number of carbonyl (C=O) groups is 3. The Morgan fingerprint density at radius 1 is 1.02 bits per heavy atom. The van der Waals surface area contributed by atoms with Gasteiger partial charge < -0.3 is 34.9 Å². The molecular weight excluding hydrogens is 568 g/mol. The van der Waals surface area contributed by atoms with Crippen LogP contribution < -0.4 is 20.1 Å². The Hall–Kier alpha value is -3.88. The van der Waals surface area contributed by atoms with Gasteiger partial charge in [-0.25, -0.2) is 18.0 Å². The summed E-state index contributed by atoms with van der Waals surface area (Å²) >= 11 is 0. The molecule has 0 radical (unpaired) electrons. The van der Waals surface area contributed by atoms with Crippen LogP contribution in [0, 0.1) is 5.92 Å². The standard InChI is InChI=1S/C28H36N4O9S/c1-39-24-10-9-22(17-25(24)40-2)42(37,38)32-11-3-4-20(18-32)26(33)30-23(27(34)35)16-19-5-7-21(8-6-19)29-28(36)31-12-14-41-15-13-31/h5-10,17,20,23H,3-4,11-16,18H2,1-2H3,(H,29,36)(H,30,33)(H,34,35)/t20?,23-/m0/s1. The van der Waals surface area contributed by atoms with Crippen molar-refractivity contribution in [1.29, 1.82) is 0 Å². The van der Waals surface area contributed by atoms with Crippen molar-refractivity contribution in [3.63, 3.8) is 0 Å². The van der Waals surface area contributed by atoms with Crippen molar-refractivity contribution in [1.82, 2.24) is 14.5 Å². The SMILES string of the molecule is COc1ccc(S(=O)(=O)N2CCCC(C(=O)N[C@@H](Cc3ccc(NC(=O)N4CCOCC4)cc3)C(=O)O)C2)cc1OC. The third-order valence-electron chi connectivity index (χ3n) is 7.31. The molecule has 2 aromatic rings. The zero-order valence-corrected chi connectivity index (χ0v) is 24.4. The fraction of sp³-hybridized carbons (Fsp3) is 0.464. The van der Waals surface area contributed by atoms with E-state index in [2.05, 4.69) is 10.6 Å². The van der Waals surface area contributed by atoms with Crippen LogP contribution in [0.1, 0.15) is 18.4 Å². The Morgan fingerprint density at radius 3 is 2.36 bits per heavy atom. The highest BCUT2D eigenvalue weighted by molar-refractivity contribution is 7.89. The van der Waals surface area contributed by atoms with Crippen molar-refractivity contribution < 1.29 is 42.1 Å². The molecule has 3 N–H and O–H groups in total. The van der Waals surface area contributed by atoms with Crippen LogP contribution >= 0.6 is 0 Å². The number of carboxylic acid groups (broad SMARTS) is 1. The molecule has 1 unspecified atom stereocenters. The minimum Gasteiger partial charge on any atom is -0.493 e. The molecular formula is C28H36N4O9S. The summed E-state index contributed by atoms with van der Waals surface area (Å²) in [5.41, 5.74) is 1.21. The van der Waals surface area contributed by atoms with E-state index in [9.17, 15) is 27.9 Å². The molecule has 2 aliphatic rings. The van der Waals surface area contributed by atoms with E-state index < -0.39 is 33.9 Å². The van der Waals surface area contributed by atoms with Gasteiger partial charge in [0, 0.05) is 44.4 Å². The molecule has 0 aromatic heterocycles. The maximum absolute atomic E-state index is 13.3. The second-order valence-corrected chi connectivity index (χ2v) is 12.0. The number of anilines is 1. The number of amides is 3. The summed E-state index contributed by atoms with van der Waals surface area (Å²) in [6.45, 7) is 2.14. The number of urea groups is 1. The number of rotatable bonds is 10. The maximum atomic E-state index is 13.3. The highest BCUT2D eigenvalue weighted by Gasteiger charge is 2.35. The van der Waals surface area contributed by atoms with Crippen LogP contribution in [0.5, 0.6) is 11.5 Å². The molecule has 42 heavy (non-hydrogen) atoms. The summed E-state index contributed by atoms with van der Waals surface area (Å²) in [5.74, 6) is -1.79. The van der Waals surface area contributed by atoms with E-state index in [1.54, 1.807) is 29.2 Å². The van der Waals surface area contributed by atoms with E-state index in [0.29, 0.717) is 56.1 Å². The fourth-order valence-electron chi connectivity index (χ4n) is 4.92. The van der Waals surface area contributed by atoms with E-state index >= 15 is 0 Å². The molecule has 4 rings (SSSR count). The number of methoxy groups -OCH3 is 2. The van der Waals surface area contributed by atoms with Crippen LogP contribution in [0.3, 0.4) is 0 Å². The topological polar surface area (TPSA) is 164 Å². The van der Waals surface area contributed by atoms with Crippen LogP contribution in [0.2, 0.25) is 0 Å². The van der Waals surface area contributed by atoms with E-state index in [-0.39, 0.29) is 36.2 Å². The zero-order chi connectivity index (χ0) is 30.3. The maximum Gasteiger partial charge on any atom is 0.326 e. The second kappa shape index (κ2) is 13.9. The number of nitrogens with zero attached hydrogens (tertiary/aromatic N) is 2. The summed E-state index contributed by atoms with van der Waals surface area (Å²) in [6.07, 6.45) is 0.882. The number of ether oxygens (including phenoxy) is 3. The van der Waals surface area contributed by atoms with Crippen molar-refractivity contribution in [3.05, 3.63) is 48.0 Å². The normalized spacial score (nSPS) is 18.5. The van der Waals surface area contributed by atoms with Gasteiger partial charge in [-0.2, -0.15) is 4.31 Å². The second-order valence-electron chi connectivity index (χ2n) is 10.0. The third-order valence-corrected chi connectivity index (χ3v) is 9.17. The molecule has 2 saturated heterocycles. The molecule has 13 nitrogen and oxygen atoms in total. The van der Waals surface area contributed by atoms with Gasteiger partial charge >= 0.3 is 12.0 Å². The molecule has 2 aliphatic heterocycles. The van der Waals surface area contributed by atoms with Gasteiger partial charge in [0.1, 0.15) is 6.04 Å². The lowest BCUT2D eigenvalue weighted by Gasteiger charge is -2.32. The lowest BCUT2D eigenvalue weighted by atomic mass is 9.97. The Kier molecular flexibility index (Phi) is 10.2. The Morgan fingerprint density at radius 2 is 1.71 bits per heavy atom. The van der Waals surface area contributed by atoms with Crippen LogP contribution in [-0.4, -0.2) is 100 Å². The number of carboxylic acids is 1. The number of carbonyl (C=O) groups excluding carboxylic acids is 2. The van der Waals surface area contributed by atoms with Gasteiger partial charge in [-0.05, 0) is 42.7 Å². The van der Waals surface area contributed by atoms with Crippen molar-refractivity contribution in [2.24, 2.45) is 5.92 Å². The molecule has 2 fully saturated rings. The third kappa shape index (κ3) is 7.49. The zero-order valence-electron chi connectivity index (χ0n) is 23.6. The minimum atomic E-state index is -3.94. The summed E-state index contributed by atoms with van der Waals surface area (Å²) in [7, 11) is -1.08. The predicted octanol–water partition coefficient (Wildman–Crippen LogP) is 1.78. The van der Waals surface area contributed by atoms with E-state index in [1.807, 2.05) is 0 Å². The van der Waals surface area contributed by atoms with Gasteiger partial charge in [0.05, 0.1) is 38.2 Å². The Bertz CT molecular complexity index is 1380. The lowest BCUT2D eigenvalue weighted by Crippen LogP contribution is -2.50. The molecule has 2 heterocycles. The highest BCUT2D eigenvalue weighted by atomic mass is 32.2. The van der Waals surface area contributed by atoms with Crippen LogP contribution in [0.15, 0.2) is 47.4 Å². The van der Waals surface area contributed by atoms with Crippen molar-refractivity contribution in [3.8, 4) is 11.5 Å². The number of benzene rings is 2. The summed E-state index contributed by atoms with van der Waals surface area (Å²) in [5, 5.41) is 15.2. The molecule has 0 saturated carbocycles. The average Bonchev–Trinajstić information content (AvgIpc) is 3.01. The van der Waals surface area contributed by atoms with Crippen molar-refractivity contribution >= 4 is 33.6 Å². The van der Waals surface area contributed by atoms with Crippen LogP contribution in [0.4, 0.5) is 10.5 Å². The molecule has 2 atom stereocenters. The first-order valence-corrected chi connectivity index (χ1v) is 15.0. The minimum absolute atomic E-state index is 0.00852. The number of hydrogen-bond acceptors (Lipinski definition) is 8. The smallest absolute Gasteiger partial charge is 0.326 e. The average molecular weight is 605 g/mol. The summed E-state index contributed by atoms with van der Waals surface area (Å²) in [6, 6.07) is 9.56. The summed E-state index contributed by atoms with van der Waals surface area (Å²) < 4.78 is 43.6. The number of piperidine rings is 1. The summed E-state index contributed by atoms with van der Waals surface area (Å²) in [4.78, 5) is 39.2. The lowest BCUT2D eigenvalue weighted by molar-refractivity contribution is -0.142.